The van der Waals surface area contributed by atoms with Gasteiger partial charge >= 0.3 is 0 Å². The van der Waals surface area contributed by atoms with E-state index in [9.17, 15) is 9.18 Å². The first-order valence-electron chi connectivity index (χ1n) is 10.3. The Hall–Kier alpha value is -3.35. The van der Waals surface area contributed by atoms with E-state index in [0.29, 0.717) is 21.6 Å². The van der Waals surface area contributed by atoms with Crippen molar-refractivity contribution >= 4 is 57.1 Å². The van der Waals surface area contributed by atoms with Gasteiger partial charge in [0.05, 0.1) is 10.6 Å². The van der Waals surface area contributed by atoms with Crippen LogP contribution in [0, 0.1) is 12.7 Å². The van der Waals surface area contributed by atoms with Crippen LogP contribution in [0.2, 0.25) is 5.02 Å². The number of nitrogens with one attached hydrogen (secondary N) is 1. The van der Waals surface area contributed by atoms with Crippen LogP contribution >= 0.6 is 23.4 Å². The Morgan fingerprint density at radius 2 is 1.91 bits per heavy atom. The van der Waals surface area contributed by atoms with E-state index in [1.165, 1.54) is 23.9 Å². The van der Waals surface area contributed by atoms with E-state index in [1.807, 2.05) is 55.6 Å². The van der Waals surface area contributed by atoms with Gasteiger partial charge in [-0.1, -0.05) is 48.0 Å². The van der Waals surface area contributed by atoms with Crippen LogP contribution in [0.15, 0.2) is 82.8 Å². The molecule has 164 valence electrons. The van der Waals surface area contributed by atoms with Gasteiger partial charge in [0.15, 0.2) is 5.17 Å². The lowest BCUT2D eigenvalue weighted by atomic mass is 10.1. The van der Waals surface area contributed by atoms with Crippen LogP contribution in [-0.2, 0) is 11.3 Å². The number of carbonyl (C=O) groups excluding carboxylic acids is 1. The number of hydrogen-bond acceptors (Lipinski definition) is 3. The Morgan fingerprint density at radius 1 is 1.12 bits per heavy atom. The number of rotatable bonds is 4. The summed E-state index contributed by atoms with van der Waals surface area (Å²) in [5.41, 5.74) is 4.67. The normalized spacial score (nSPS) is 16.2. The molecule has 1 N–H and O–H groups in total. The molecule has 1 aliphatic rings. The van der Waals surface area contributed by atoms with E-state index in [-0.39, 0.29) is 11.7 Å². The molecule has 1 aromatic heterocycles. The summed E-state index contributed by atoms with van der Waals surface area (Å²) in [5.74, 6) is -0.440. The van der Waals surface area contributed by atoms with Gasteiger partial charge in [0.25, 0.3) is 5.91 Å². The first-order valence-corrected chi connectivity index (χ1v) is 11.5. The smallest absolute Gasteiger partial charge is 0.264 e. The lowest BCUT2D eigenvalue weighted by molar-refractivity contribution is -0.115. The van der Waals surface area contributed by atoms with Gasteiger partial charge < -0.3 is 9.88 Å². The summed E-state index contributed by atoms with van der Waals surface area (Å²) in [6.45, 7) is 2.55. The van der Waals surface area contributed by atoms with Crippen LogP contribution in [-0.4, -0.2) is 15.6 Å². The van der Waals surface area contributed by atoms with Crippen molar-refractivity contribution in [3.8, 4) is 0 Å². The van der Waals surface area contributed by atoms with Gasteiger partial charge in [-0.3, -0.25) is 4.79 Å². The standard InChI is InChI=1S/C26H19ClFN3OS/c1-16-6-9-19(27)13-22(16)29-26-30-25(32)24(33-26)12-18-15-31(23-5-3-2-4-21(18)23)14-17-7-10-20(28)11-8-17/h2-13,15H,14H2,1H3,(H,29,30,32)/b24-12-. The molecule has 4 aromatic rings. The van der Waals surface area contributed by atoms with Gasteiger partial charge in [-0.25, -0.2) is 9.38 Å². The predicted molar refractivity (Wildman–Crippen MR) is 134 cm³/mol. The summed E-state index contributed by atoms with van der Waals surface area (Å²) in [4.78, 5) is 17.8. The SMILES string of the molecule is Cc1ccc(Cl)cc1N=C1NC(=O)/C(=C/c2cn(Cc3ccc(F)cc3)c3ccccc23)S1. The molecule has 1 amide bonds. The zero-order valence-electron chi connectivity index (χ0n) is 17.7. The molecule has 0 aliphatic carbocycles. The Bertz CT molecular complexity index is 1440. The van der Waals surface area contributed by atoms with Crippen molar-refractivity contribution in [2.75, 3.05) is 0 Å². The van der Waals surface area contributed by atoms with E-state index < -0.39 is 0 Å². The largest absolute Gasteiger partial charge is 0.342 e. The number of hydrogen-bond donors (Lipinski definition) is 1. The Kier molecular flexibility index (Phi) is 5.79. The van der Waals surface area contributed by atoms with Crippen LogP contribution < -0.4 is 5.32 Å². The fourth-order valence-electron chi connectivity index (χ4n) is 3.74. The summed E-state index contributed by atoms with van der Waals surface area (Å²) in [6.07, 6.45) is 3.90. The van der Waals surface area contributed by atoms with Gasteiger partial charge in [0.2, 0.25) is 0 Å². The number of amidine groups is 1. The monoisotopic (exact) mass is 475 g/mol. The number of aryl methyl sites for hydroxylation is 1. The van der Waals surface area contributed by atoms with E-state index in [2.05, 4.69) is 14.9 Å². The maximum absolute atomic E-state index is 13.3. The topological polar surface area (TPSA) is 46.4 Å². The number of benzene rings is 3. The third kappa shape index (κ3) is 4.58. The minimum absolute atomic E-state index is 0.186. The number of fused-ring (bicyclic) bond motifs is 1. The highest BCUT2D eigenvalue weighted by Crippen LogP contribution is 2.32. The predicted octanol–water partition coefficient (Wildman–Crippen LogP) is 6.68. The number of carbonyl (C=O) groups is 1. The van der Waals surface area contributed by atoms with Gasteiger partial charge in [-0.15, -0.1) is 0 Å². The molecular formula is C26H19ClFN3OS. The van der Waals surface area contributed by atoms with Gasteiger partial charge in [-0.2, -0.15) is 0 Å². The van der Waals surface area contributed by atoms with Gasteiger partial charge in [0.1, 0.15) is 5.82 Å². The number of halogens is 2. The number of amides is 1. The fraction of sp³-hybridized carbons (Fsp3) is 0.0769. The zero-order chi connectivity index (χ0) is 22.9. The van der Waals surface area contributed by atoms with E-state index >= 15 is 0 Å². The van der Waals surface area contributed by atoms with Crippen molar-refractivity contribution in [3.63, 3.8) is 0 Å². The maximum Gasteiger partial charge on any atom is 0.264 e. The fourth-order valence-corrected chi connectivity index (χ4v) is 4.73. The number of thioether (sulfide) groups is 1. The minimum Gasteiger partial charge on any atom is -0.342 e. The van der Waals surface area contributed by atoms with E-state index in [4.69, 9.17) is 11.6 Å². The second-order valence-electron chi connectivity index (χ2n) is 7.77. The maximum atomic E-state index is 13.3. The molecule has 33 heavy (non-hydrogen) atoms. The highest BCUT2D eigenvalue weighted by atomic mass is 35.5. The van der Waals surface area contributed by atoms with E-state index in [0.717, 1.165) is 33.3 Å². The first kappa shape index (κ1) is 21.5. The quantitative estimate of drug-likeness (QED) is 0.334. The second kappa shape index (κ2) is 8.89. The van der Waals surface area contributed by atoms with E-state index in [1.54, 1.807) is 18.2 Å². The van der Waals surface area contributed by atoms with Crippen LogP contribution in [0.3, 0.4) is 0 Å². The second-order valence-corrected chi connectivity index (χ2v) is 9.24. The first-order chi connectivity index (χ1) is 16.0. The summed E-state index contributed by atoms with van der Waals surface area (Å²) in [7, 11) is 0. The molecular weight excluding hydrogens is 457 g/mol. The molecule has 0 unspecified atom stereocenters. The van der Waals surface area contributed by atoms with Crippen molar-refractivity contribution in [3.05, 3.63) is 105 Å². The molecule has 1 aliphatic heterocycles. The molecule has 5 rings (SSSR count). The molecule has 1 saturated heterocycles. The molecule has 3 aromatic carbocycles. The summed E-state index contributed by atoms with van der Waals surface area (Å²) in [5, 5.41) is 4.99. The summed E-state index contributed by atoms with van der Waals surface area (Å²) < 4.78 is 15.4. The molecule has 2 heterocycles. The summed E-state index contributed by atoms with van der Waals surface area (Å²) in [6, 6.07) is 20.0. The number of aliphatic imine (C=N–C) groups is 1. The Labute approximate surface area is 199 Å². The van der Waals surface area contributed by atoms with Crippen LogP contribution in [0.5, 0.6) is 0 Å². The van der Waals surface area contributed by atoms with Crippen molar-refractivity contribution < 1.29 is 9.18 Å². The zero-order valence-corrected chi connectivity index (χ0v) is 19.3. The Morgan fingerprint density at radius 3 is 2.73 bits per heavy atom. The molecule has 0 bridgehead atoms. The Balaban J connectivity index is 1.47. The molecule has 0 saturated carbocycles. The van der Waals surface area contributed by atoms with Crippen molar-refractivity contribution in [1.82, 2.24) is 9.88 Å². The van der Waals surface area contributed by atoms with Crippen molar-refractivity contribution in [2.24, 2.45) is 4.99 Å². The molecule has 7 heteroatoms. The molecule has 0 spiro atoms. The third-order valence-electron chi connectivity index (χ3n) is 5.42. The van der Waals surface area contributed by atoms with Gasteiger partial charge in [0, 0.05) is 34.2 Å². The van der Waals surface area contributed by atoms with Crippen LogP contribution in [0.25, 0.3) is 17.0 Å². The molecule has 1 fully saturated rings. The number of para-hydroxylation sites is 1. The van der Waals surface area contributed by atoms with Gasteiger partial charge in [-0.05, 0) is 66.2 Å². The number of aromatic nitrogens is 1. The lowest BCUT2D eigenvalue weighted by Crippen LogP contribution is -2.19. The highest BCUT2D eigenvalue weighted by molar-refractivity contribution is 8.18. The molecule has 4 nitrogen and oxygen atoms in total. The number of nitrogens with zero attached hydrogens (tertiary/aromatic N) is 2. The average molecular weight is 476 g/mol. The lowest BCUT2D eigenvalue weighted by Gasteiger charge is -2.05. The van der Waals surface area contributed by atoms with Crippen LogP contribution in [0.4, 0.5) is 10.1 Å². The van der Waals surface area contributed by atoms with Crippen molar-refractivity contribution in [2.45, 2.75) is 13.5 Å². The van der Waals surface area contributed by atoms with Crippen molar-refractivity contribution in [1.29, 1.82) is 0 Å². The summed E-state index contributed by atoms with van der Waals surface area (Å²) >= 11 is 7.40. The minimum atomic E-state index is -0.253. The third-order valence-corrected chi connectivity index (χ3v) is 6.56. The highest BCUT2D eigenvalue weighted by Gasteiger charge is 2.24. The average Bonchev–Trinajstić information content (AvgIpc) is 3.32. The molecule has 0 radical (unpaired) electrons. The molecule has 0 atom stereocenters. The van der Waals surface area contributed by atoms with Crippen LogP contribution in [0.1, 0.15) is 16.7 Å².